The molecule has 3 N–H and O–H groups in total. The normalized spacial score (nSPS) is 20.1. The molecule has 14 heavy (non-hydrogen) atoms. The molecule has 1 aliphatic heterocycles. The van der Waals surface area contributed by atoms with Crippen LogP contribution in [-0.2, 0) is 0 Å². The van der Waals surface area contributed by atoms with Gasteiger partial charge in [0.15, 0.2) is 0 Å². The zero-order valence-corrected chi connectivity index (χ0v) is 9.47. The first-order valence-electron chi connectivity index (χ1n) is 6.06. The average molecular weight is 199 g/mol. The van der Waals surface area contributed by atoms with Crippen molar-refractivity contribution in [1.29, 1.82) is 0 Å². The molecule has 84 valence electrons. The summed E-state index contributed by atoms with van der Waals surface area (Å²) in [4.78, 5) is 0. The lowest BCUT2D eigenvalue weighted by atomic mass is 10.1. The molecule has 3 heteroatoms. The van der Waals surface area contributed by atoms with Crippen LogP contribution in [0.4, 0.5) is 0 Å². The van der Waals surface area contributed by atoms with Gasteiger partial charge in [0, 0.05) is 19.1 Å². The van der Waals surface area contributed by atoms with Crippen LogP contribution in [0.25, 0.3) is 0 Å². The van der Waals surface area contributed by atoms with Crippen LogP contribution in [0.5, 0.6) is 0 Å². The highest BCUT2D eigenvalue weighted by Crippen LogP contribution is 2.07. The molecule has 0 radical (unpaired) electrons. The van der Waals surface area contributed by atoms with Gasteiger partial charge in [-0.1, -0.05) is 26.2 Å². The van der Waals surface area contributed by atoms with Crippen molar-refractivity contribution in [3.8, 4) is 0 Å². The molecule has 1 saturated heterocycles. The van der Waals surface area contributed by atoms with E-state index in [0.29, 0.717) is 0 Å². The van der Waals surface area contributed by atoms with Gasteiger partial charge in [0.1, 0.15) is 0 Å². The third-order valence-electron chi connectivity index (χ3n) is 2.99. The molecule has 0 aromatic heterocycles. The van der Waals surface area contributed by atoms with E-state index in [2.05, 4.69) is 12.2 Å². The number of hydrazine groups is 1. The molecule has 0 saturated carbocycles. The lowest BCUT2D eigenvalue weighted by molar-refractivity contribution is 0.201. The SMILES string of the molecule is CCCCCCNC1CCN(N)CC1. The van der Waals surface area contributed by atoms with Crippen molar-refractivity contribution in [1.82, 2.24) is 10.3 Å². The van der Waals surface area contributed by atoms with E-state index in [1.165, 1.54) is 45.1 Å². The van der Waals surface area contributed by atoms with Crippen LogP contribution in [0.1, 0.15) is 45.4 Å². The van der Waals surface area contributed by atoms with E-state index in [4.69, 9.17) is 5.84 Å². The average Bonchev–Trinajstić information content (AvgIpc) is 2.21. The van der Waals surface area contributed by atoms with Crippen molar-refractivity contribution in [2.45, 2.75) is 51.5 Å². The monoisotopic (exact) mass is 199 g/mol. The minimum atomic E-state index is 0.719. The second-order valence-corrected chi connectivity index (χ2v) is 4.33. The summed E-state index contributed by atoms with van der Waals surface area (Å²) in [5, 5.41) is 5.54. The summed E-state index contributed by atoms with van der Waals surface area (Å²) in [5.41, 5.74) is 0. The summed E-state index contributed by atoms with van der Waals surface area (Å²) in [6.45, 7) is 5.54. The highest BCUT2D eigenvalue weighted by molar-refractivity contribution is 4.74. The van der Waals surface area contributed by atoms with E-state index in [1.807, 2.05) is 5.01 Å². The fourth-order valence-electron chi connectivity index (χ4n) is 1.96. The molecule has 1 fully saturated rings. The topological polar surface area (TPSA) is 41.3 Å². The Morgan fingerprint density at radius 2 is 1.93 bits per heavy atom. The Morgan fingerprint density at radius 3 is 2.57 bits per heavy atom. The quantitative estimate of drug-likeness (QED) is 0.503. The summed E-state index contributed by atoms with van der Waals surface area (Å²) in [6.07, 6.45) is 7.83. The van der Waals surface area contributed by atoms with Gasteiger partial charge in [-0.2, -0.15) is 0 Å². The molecule has 0 aliphatic carbocycles. The minimum absolute atomic E-state index is 0.719. The van der Waals surface area contributed by atoms with Crippen LogP contribution in [0.2, 0.25) is 0 Å². The molecule has 0 bridgehead atoms. The molecule has 1 heterocycles. The van der Waals surface area contributed by atoms with Gasteiger partial charge in [0.05, 0.1) is 0 Å². The molecule has 0 aromatic rings. The Kier molecular flexibility index (Phi) is 6.15. The third-order valence-corrected chi connectivity index (χ3v) is 2.99. The zero-order valence-electron chi connectivity index (χ0n) is 9.47. The first-order chi connectivity index (χ1) is 6.83. The van der Waals surface area contributed by atoms with E-state index in [1.54, 1.807) is 0 Å². The molecule has 3 nitrogen and oxygen atoms in total. The van der Waals surface area contributed by atoms with Gasteiger partial charge in [0.25, 0.3) is 0 Å². The van der Waals surface area contributed by atoms with Crippen LogP contribution < -0.4 is 11.2 Å². The van der Waals surface area contributed by atoms with E-state index in [0.717, 1.165) is 19.1 Å². The largest absolute Gasteiger partial charge is 0.314 e. The van der Waals surface area contributed by atoms with E-state index >= 15 is 0 Å². The Hall–Kier alpha value is -0.120. The standard InChI is InChI=1S/C11H25N3/c1-2-3-4-5-8-13-11-6-9-14(12)10-7-11/h11,13H,2-10,12H2,1H3. The summed E-state index contributed by atoms with van der Waals surface area (Å²) in [5.74, 6) is 5.70. The van der Waals surface area contributed by atoms with Crippen LogP contribution >= 0.6 is 0 Å². The van der Waals surface area contributed by atoms with Crippen molar-refractivity contribution in [3.05, 3.63) is 0 Å². The van der Waals surface area contributed by atoms with Gasteiger partial charge in [-0.15, -0.1) is 0 Å². The number of hydrogen-bond acceptors (Lipinski definition) is 3. The Balaban J connectivity index is 1.91. The molecular formula is C11H25N3. The number of nitrogens with one attached hydrogen (secondary N) is 1. The van der Waals surface area contributed by atoms with Gasteiger partial charge in [0.2, 0.25) is 0 Å². The maximum atomic E-state index is 5.70. The lowest BCUT2D eigenvalue weighted by Crippen LogP contribution is -2.45. The fourth-order valence-corrected chi connectivity index (χ4v) is 1.96. The highest BCUT2D eigenvalue weighted by Gasteiger charge is 2.15. The minimum Gasteiger partial charge on any atom is -0.314 e. The van der Waals surface area contributed by atoms with Crippen LogP contribution in [-0.4, -0.2) is 30.7 Å². The van der Waals surface area contributed by atoms with Crippen molar-refractivity contribution < 1.29 is 0 Å². The Morgan fingerprint density at radius 1 is 1.21 bits per heavy atom. The number of piperidine rings is 1. The first kappa shape index (κ1) is 12.0. The summed E-state index contributed by atoms with van der Waals surface area (Å²) in [7, 11) is 0. The lowest BCUT2D eigenvalue weighted by Gasteiger charge is -2.29. The van der Waals surface area contributed by atoms with Gasteiger partial charge in [-0.05, 0) is 25.8 Å². The molecule has 0 atom stereocenters. The predicted molar refractivity (Wildman–Crippen MR) is 60.9 cm³/mol. The number of nitrogens with two attached hydrogens (primary N) is 1. The maximum absolute atomic E-state index is 5.70. The van der Waals surface area contributed by atoms with Crippen LogP contribution in [0.3, 0.4) is 0 Å². The Labute approximate surface area is 88.0 Å². The second-order valence-electron chi connectivity index (χ2n) is 4.33. The molecular weight excluding hydrogens is 174 g/mol. The molecule has 0 spiro atoms. The number of nitrogens with zero attached hydrogens (tertiary/aromatic N) is 1. The molecule has 0 amide bonds. The maximum Gasteiger partial charge on any atom is 0.0143 e. The number of hydrogen-bond donors (Lipinski definition) is 2. The Bertz CT molecular complexity index is 130. The fraction of sp³-hybridized carbons (Fsp3) is 1.00. The molecule has 0 aromatic carbocycles. The van der Waals surface area contributed by atoms with Crippen LogP contribution in [0, 0.1) is 0 Å². The van der Waals surface area contributed by atoms with Crippen molar-refractivity contribution in [2.24, 2.45) is 5.84 Å². The van der Waals surface area contributed by atoms with Crippen molar-refractivity contribution in [3.63, 3.8) is 0 Å². The highest BCUT2D eigenvalue weighted by atomic mass is 15.4. The van der Waals surface area contributed by atoms with Crippen molar-refractivity contribution >= 4 is 0 Å². The smallest absolute Gasteiger partial charge is 0.0143 e. The first-order valence-corrected chi connectivity index (χ1v) is 6.06. The summed E-state index contributed by atoms with van der Waals surface area (Å²) in [6, 6.07) is 0.719. The molecule has 0 unspecified atom stereocenters. The van der Waals surface area contributed by atoms with E-state index < -0.39 is 0 Å². The van der Waals surface area contributed by atoms with Crippen molar-refractivity contribution in [2.75, 3.05) is 19.6 Å². The zero-order chi connectivity index (χ0) is 10.2. The predicted octanol–water partition coefficient (Wildman–Crippen LogP) is 1.49. The number of rotatable bonds is 6. The van der Waals surface area contributed by atoms with Gasteiger partial charge < -0.3 is 5.32 Å². The molecule has 1 aliphatic rings. The van der Waals surface area contributed by atoms with E-state index in [9.17, 15) is 0 Å². The summed E-state index contributed by atoms with van der Waals surface area (Å²) < 4.78 is 0. The summed E-state index contributed by atoms with van der Waals surface area (Å²) >= 11 is 0. The van der Waals surface area contributed by atoms with Gasteiger partial charge >= 0.3 is 0 Å². The molecule has 1 rings (SSSR count). The number of unbranched alkanes of at least 4 members (excludes halogenated alkanes) is 3. The third kappa shape index (κ3) is 4.94. The second kappa shape index (κ2) is 7.21. The van der Waals surface area contributed by atoms with Crippen LogP contribution in [0.15, 0.2) is 0 Å². The van der Waals surface area contributed by atoms with E-state index in [-0.39, 0.29) is 0 Å². The van der Waals surface area contributed by atoms with Gasteiger partial charge in [-0.3, -0.25) is 5.84 Å². The van der Waals surface area contributed by atoms with Gasteiger partial charge in [-0.25, -0.2) is 5.01 Å².